The zero-order chi connectivity index (χ0) is 15.6. The lowest BCUT2D eigenvalue weighted by Gasteiger charge is -2.33. The van der Waals surface area contributed by atoms with E-state index in [-0.39, 0.29) is 24.6 Å². The highest BCUT2D eigenvalue weighted by Gasteiger charge is 2.26. The largest absolute Gasteiger partial charge is 0.336 e. The van der Waals surface area contributed by atoms with Crippen molar-refractivity contribution in [3.63, 3.8) is 0 Å². The predicted molar refractivity (Wildman–Crippen MR) is 78.8 cm³/mol. The van der Waals surface area contributed by atoms with Gasteiger partial charge in [0.05, 0.1) is 6.26 Å². The Bertz CT molecular complexity index is 688. The molecule has 116 valence electrons. The number of aromatic amines is 1. The van der Waals surface area contributed by atoms with Gasteiger partial charge in [0, 0.05) is 43.5 Å². The van der Waals surface area contributed by atoms with Gasteiger partial charge in [0.15, 0.2) is 0 Å². The number of pyridine rings is 1. The summed E-state index contributed by atoms with van der Waals surface area (Å²) in [5, 5.41) is 0. The van der Waals surface area contributed by atoms with Gasteiger partial charge in [-0.15, -0.1) is 0 Å². The Balaban J connectivity index is 2.12. The van der Waals surface area contributed by atoms with Crippen LogP contribution in [0.2, 0.25) is 0 Å². The van der Waals surface area contributed by atoms with Crippen molar-refractivity contribution in [2.24, 2.45) is 0 Å². The molecule has 2 heterocycles. The van der Waals surface area contributed by atoms with E-state index in [2.05, 4.69) is 4.98 Å². The van der Waals surface area contributed by atoms with Crippen LogP contribution in [-0.2, 0) is 16.4 Å². The number of amides is 1. The number of aromatic nitrogens is 1. The van der Waals surface area contributed by atoms with E-state index in [1.54, 1.807) is 11.0 Å². The fraction of sp³-hybridized carbons (Fsp3) is 0.538. The Labute approximate surface area is 123 Å². The summed E-state index contributed by atoms with van der Waals surface area (Å²) in [6.07, 6.45) is 1.80. The number of aryl methyl sites for hydroxylation is 1. The number of carbonyl (C=O) groups is 1. The van der Waals surface area contributed by atoms with Crippen LogP contribution in [0.1, 0.15) is 23.0 Å². The summed E-state index contributed by atoms with van der Waals surface area (Å²) in [7, 11) is -3.22. The average molecular weight is 313 g/mol. The van der Waals surface area contributed by atoms with Crippen molar-refractivity contribution in [2.75, 3.05) is 32.4 Å². The van der Waals surface area contributed by atoms with Gasteiger partial charge in [0.1, 0.15) is 0 Å². The van der Waals surface area contributed by atoms with E-state index < -0.39 is 10.0 Å². The van der Waals surface area contributed by atoms with Gasteiger partial charge in [-0.2, -0.15) is 4.31 Å². The molecular formula is C13H19N3O4S. The van der Waals surface area contributed by atoms with Gasteiger partial charge >= 0.3 is 0 Å². The van der Waals surface area contributed by atoms with Crippen molar-refractivity contribution in [3.8, 4) is 0 Å². The third kappa shape index (κ3) is 3.70. The highest BCUT2D eigenvalue weighted by Crippen LogP contribution is 2.10. The molecule has 1 aliphatic heterocycles. The maximum absolute atomic E-state index is 12.4. The number of carbonyl (C=O) groups excluding carboxylic acids is 1. The van der Waals surface area contributed by atoms with Crippen LogP contribution in [-0.4, -0.2) is 60.9 Å². The number of nitrogens with zero attached hydrogens (tertiary/aromatic N) is 2. The smallest absolute Gasteiger partial charge is 0.254 e. The SMILES string of the molecule is CCc1cc(C(=O)N2CCN(S(C)(=O)=O)CC2)cc(=O)[nH]1. The standard InChI is InChI=1S/C13H19N3O4S/c1-3-11-8-10(9-12(17)14-11)13(18)15-4-6-16(7-5-15)21(2,19)20/h8-9H,3-7H2,1-2H3,(H,14,17). The van der Waals surface area contributed by atoms with Gasteiger partial charge in [-0.1, -0.05) is 6.92 Å². The molecule has 0 bridgehead atoms. The number of piperazine rings is 1. The molecule has 0 saturated carbocycles. The fourth-order valence-electron chi connectivity index (χ4n) is 2.32. The molecular weight excluding hydrogens is 294 g/mol. The molecule has 1 amide bonds. The minimum absolute atomic E-state index is 0.232. The number of rotatable bonds is 3. The Morgan fingerprint density at radius 3 is 2.38 bits per heavy atom. The first-order valence-corrected chi connectivity index (χ1v) is 8.63. The highest BCUT2D eigenvalue weighted by atomic mass is 32.2. The molecule has 1 aromatic rings. The molecule has 0 atom stereocenters. The minimum atomic E-state index is -3.22. The Kier molecular flexibility index (Phi) is 4.48. The zero-order valence-electron chi connectivity index (χ0n) is 12.1. The van der Waals surface area contributed by atoms with Crippen LogP contribution in [0.3, 0.4) is 0 Å². The first-order valence-electron chi connectivity index (χ1n) is 6.79. The van der Waals surface area contributed by atoms with Crippen LogP contribution < -0.4 is 5.56 Å². The normalized spacial score (nSPS) is 17.0. The average Bonchev–Trinajstić information content (AvgIpc) is 2.45. The molecule has 21 heavy (non-hydrogen) atoms. The second kappa shape index (κ2) is 5.98. The summed E-state index contributed by atoms with van der Waals surface area (Å²) in [6, 6.07) is 2.96. The number of H-pyrrole nitrogens is 1. The quantitative estimate of drug-likeness (QED) is 0.826. The summed E-state index contributed by atoms with van der Waals surface area (Å²) in [5.74, 6) is -0.232. The van der Waals surface area contributed by atoms with Crippen LogP contribution in [0, 0.1) is 0 Å². The molecule has 0 spiro atoms. The summed E-state index contributed by atoms with van der Waals surface area (Å²) >= 11 is 0. The molecule has 1 aromatic heterocycles. The summed E-state index contributed by atoms with van der Waals surface area (Å²) in [6.45, 7) is 3.13. The summed E-state index contributed by atoms with van der Waals surface area (Å²) < 4.78 is 24.2. The van der Waals surface area contributed by atoms with Gasteiger partial charge < -0.3 is 9.88 Å². The second-order valence-electron chi connectivity index (χ2n) is 5.07. The molecule has 7 nitrogen and oxygen atoms in total. The second-order valence-corrected chi connectivity index (χ2v) is 7.05. The molecule has 2 rings (SSSR count). The Morgan fingerprint density at radius 1 is 1.24 bits per heavy atom. The third-order valence-electron chi connectivity index (χ3n) is 3.52. The molecule has 0 aliphatic carbocycles. The van der Waals surface area contributed by atoms with Gasteiger partial charge in [0.25, 0.3) is 5.91 Å². The first kappa shape index (κ1) is 15.7. The lowest BCUT2D eigenvalue weighted by atomic mass is 10.1. The molecule has 1 aliphatic rings. The van der Waals surface area contributed by atoms with Gasteiger partial charge in [-0.05, 0) is 12.5 Å². The van der Waals surface area contributed by atoms with Crippen molar-refractivity contribution >= 4 is 15.9 Å². The van der Waals surface area contributed by atoms with Gasteiger partial charge in [-0.25, -0.2) is 8.42 Å². The van der Waals surface area contributed by atoms with Crippen LogP contribution in [0.4, 0.5) is 0 Å². The summed E-state index contributed by atoms with van der Waals surface area (Å²) in [5.41, 5.74) is 0.761. The van der Waals surface area contributed by atoms with Crippen LogP contribution in [0.5, 0.6) is 0 Å². The number of hydrogen-bond donors (Lipinski definition) is 1. The maximum atomic E-state index is 12.4. The predicted octanol–water partition coefficient (Wildman–Crippen LogP) is -0.345. The molecule has 0 unspecified atom stereocenters. The monoisotopic (exact) mass is 313 g/mol. The fourth-order valence-corrected chi connectivity index (χ4v) is 3.15. The summed E-state index contributed by atoms with van der Waals surface area (Å²) in [4.78, 5) is 28.2. The molecule has 1 N–H and O–H groups in total. The van der Waals surface area contributed by atoms with E-state index in [9.17, 15) is 18.0 Å². The minimum Gasteiger partial charge on any atom is -0.336 e. The van der Waals surface area contributed by atoms with Crippen molar-refractivity contribution in [3.05, 3.63) is 33.7 Å². The number of nitrogens with one attached hydrogen (secondary N) is 1. The molecule has 0 radical (unpaired) electrons. The lowest BCUT2D eigenvalue weighted by molar-refractivity contribution is 0.0698. The van der Waals surface area contributed by atoms with E-state index in [4.69, 9.17) is 0 Å². The van der Waals surface area contributed by atoms with Gasteiger partial charge in [0.2, 0.25) is 15.6 Å². The van der Waals surface area contributed by atoms with Crippen molar-refractivity contribution in [1.29, 1.82) is 0 Å². The molecule has 1 saturated heterocycles. The van der Waals surface area contributed by atoms with E-state index in [0.717, 1.165) is 6.26 Å². The molecule has 0 aromatic carbocycles. The third-order valence-corrected chi connectivity index (χ3v) is 4.83. The van der Waals surface area contributed by atoms with E-state index in [1.165, 1.54) is 10.4 Å². The first-order chi connectivity index (χ1) is 9.81. The number of hydrogen-bond acceptors (Lipinski definition) is 4. The van der Waals surface area contributed by atoms with Crippen molar-refractivity contribution in [2.45, 2.75) is 13.3 Å². The van der Waals surface area contributed by atoms with Crippen molar-refractivity contribution in [1.82, 2.24) is 14.2 Å². The van der Waals surface area contributed by atoms with Crippen LogP contribution in [0.15, 0.2) is 16.9 Å². The Morgan fingerprint density at radius 2 is 1.86 bits per heavy atom. The van der Waals surface area contributed by atoms with E-state index in [1.807, 2.05) is 6.92 Å². The van der Waals surface area contributed by atoms with Gasteiger partial charge in [-0.3, -0.25) is 9.59 Å². The van der Waals surface area contributed by atoms with Crippen LogP contribution >= 0.6 is 0 Å². The van der Waals surface area contributed by atoms with Crippen LogP contribution in [0.25, 0.3) is 0 Å². The molecule has 8 heteroatoms. The van der Waals surface area contributed by atoms with Crippen molar-refractivity contribution < 1.29 is 13.2 Å². The lowest BCUT2D eigenvalue weighted by Crippen LogP contribution is -2.50. The van der Waals surface area contributed by atoms with E-state index >= 15 is 0 Å². The zero-order valence-corrected chi connectivity index (χ0v) is 12.9. The molecule has 1 fully saturated rings. The van der Waals surface area contributed by atoms with E-state index in [0.29, 0.717) is 30.8 Å². The number of sulfonamides is 1. The topological polar surface area (TPSA) is 90.6 Å². The highest BCUT2D eigenvalue weighted by molar-refractivity contribution is 7.88. The maximum Gasteiger partial charge on any atom is 0.254 e. The Hall–Kier alpha value is -1.67.